The zero-order chi connectivity index (χ0) is 22.7. The predicted molar refractivity (Wildman–Crippen MR) is 119 cm³/mol. The summed E-state index contributed by atoms with van der Waals surface area (Å²) in [5, 5.41) is 1.78. The van der Waals surface area contributed by atoms with E-state index in [1.54, 1.807) is 42.3 Å². The molecule has 0 radical (unpaired) electrons. The van der Waals surface area contributed by atoms with Crippen LogP contribution in [-0.4, -0.2) is 63.8 Å². The molecule has 2 aliphatic rings. The fraction of sp³-hybridized carbons (Fsp3) is 0.333. The Hall–Kier alpha value is -2.60. The van der Waals surface area contributed by atoms with Gasteiger partial charge in [0.1, 0.15) is 5.75 Å². The maximum Gasteiger partial charge on any atom is 0.247 e. The summed E-state index contributed by atoms with van der Waals surface area (Å²) >= 11 is 1.13. The third-order valence-corrected chi connectivity index (χ3v) is 7.81. The van der Waals surface area contributed by atoms with Crippen LogP contribution in [0.25, 0.3) is 0 Å². The number of hydrogen-bond donors (Lipinski definition) is 2. The van der Waals surface area contributed by atoms with Crippen LogP contribution >= 0.6 is 11.8 Å². The maximum absolute atomic E-state index is 12.8. The van der Waals surface area contributed by atoms with Crippen molar-refractivity contribution in [3.8, 4) is 5.75 Å². The van der Waals surface area contributed by atoms with Gasteiger partial charge in [-0.05, 0) is 35.9 Å². The molecule has 0 aliphatic carbocycles. The maximum atomic E-state index is 12.8. The summed E-state index contributed by atoms with van der Waals surface area (Å²) in [6, 6.07) is 11.6. The molecular formula is C21H23N3O6S2. The molecule has 2 amide bonds. The molecule has 1 saturated heterocycles. The van der Waals surface area contributed by atoms with Crippen LogP contribution in [0.3, 0.4) is 0 Å². The standard InChI is InChI=1S/C21H23N3O6S2/c1-29-15-4-2-3-14(11-15)13-22-32(27,28)16-5-6-18-17(12-16)23-20(25)19(31-18)21(26)24-7-9-30-10-8-24/h2-6,11-12,19,22H,7-10,13H2,1H3,(H,23,25)/t19-/m0/s1. The van der Waals surface area contributed by atoms with Crippen LogP contribution in [0.15, 0.2) is 52.3 Å². The lowest BCUT2D eigenvalue weighted by molar-refractivity contribution is -0.137. The molecule has 2 heterocycles. The SMILES string of the molecule is COc1cccc(CNS(=O)(=O)c2ccc3c(c2)NC(=O)[C@@H](C(=O)N2CCOCC2)S3)c1. The van der Waals surface area contributed by atoms with Gasteiger partial charge in [0.2, 0.25) is 21.8 Å². The Kier molecular flexibility index (Phi) is 6.70. The Bertz CT molecular complexity index is 1130. The first-order valence-electron chi connectivity index (χ1n) is 9.98. The van der Waals surface area contributed by atoms with Crippen LogP contribution in [0, 0.1) is 0 Å². The molecule has 0 aromatic heterocycles. The minimum atomic E-state index is -3.82. The first kappa shape index (κ1) is 22.6. The molecule has 32 heavy (non-hydrogen) atoms. The van der Waals surface area contributed by atoms with Crippen molar-refractivity contribution in [2.45, 2.75) is 21.6 Å². The second-order valence-electron chi connectivity index (χ2n) is 7.26. The van der Waals surface area contributed by atoms with E-state index in [9.17, 15) is 18.0 Å². The molecule has 170 valence electrons. The highest BCUT2D eigenvalue weighted by molar-refractivity contribution is 8.01. The number of carbonyl (C=O) groups is 2. The van der Waals surface area contributed by atoms with Gasteiger partial charge in [0.15, 0.2) is 5.25 Å². The number of rotatable bonds is 6. The summed E-state index contributed by atoms with van der Waals surface area (Å²) in [5.41, 5.74) is 1.12. The van der Waals surface area contributed by atoms with Gasteiger partial charge in [-0.1, -0.05) is 12.1 Å². The van der Waals surface area contributed by atoms with Gasteiger partial charge in [0.05, 0.1) is 30.9 Å². The smallest absolute Gasteiger partial charge is 0.247 e. The number of hydrogen-bond acceptors (Lipinski definition) is 7. The number of carbonyl (C=O) groups excluding carboxylic acids is 2. The van der Waals surface area contributed by atoms with Crippen LogP contribution in [0.1, 0.15) is 5.56 Å². The molecule has 0 saturated carbocycles. The van der Waals surface area contributed by atoms with Crippen LogP contribution in [0.5, 0.6) is 5.75 Å². The molecule has 0 unspecified atom stereocenters. The van der Waals surface area contributed by atoms with Crippen molar-refractivity contribution < 1.29 is 27.5 Å². The monoisotopic (exact) mass is 477 g/mol. The van der Waals surface area contributed by atoms with Crippen molar-refractivity contribution in [1.82, 2.24) is 9.62 Å². The van der Waals surface area contributed by atoms with Crippen molar-refractivity contribution in [3.05, 3.63) is 48.0 Å². The van der Waals surface area contributed by atoms with Gasteiger partial charge in [-0.25, -0.2) is 13.1 Å². The topological polar surface area (TPSA) is 114 Å². The van der Waals surface area contributed by atoms with E-state index < -0.39 is 21.2 Å². The summed E-state index contributed by atoms with van der Waals surface area (Å²) < 4.78 is 38.5. The second-order valence-corrected chi connectivity index (χ2v) is 10.2. The number of nitrogens with one attached hydrogen (secondary N) is 2. The number of methoxy groups -OCH3 is 1. The number of benzene rings is 2. The molecule has 0 bridgehead atoms. The van der Waals surface area contributed by atoms with Gasteiger partial charge < -0.3 is 19.7 Å². The zero-order valence-electron chi connectivity index (χ0n) is 17.4. The van der Waals surface area contributed by atoms with Gasteiger partial charge in [0.25, 0.3) is 0 Å². The third kappa shape index (κ3) is 4.90. The Morgan fingerprint density at radius 1 is 1.25 bits per heavy atom. The predicted octanol–water partition coefficient (Wildman–Crippen LogP) is 1.45. The van der Waals surface area contributed by atoms with E-state index in [-0.39, 0.29) is 17.3 Å². The molecule has 2 aromatic rings. The summed E-state index contributed by atoms with van der Waals surface area (Å²) in [5.74, 6) is -0.0904. The number of nitrogens with zero attached hydrogens (tertiary/aromatic N) is 1. The molecule has 1 atom stereocenters. The van der Waals surface area contributed by atoms with Crippen LogP contribution < -0.4 is 14.8 Å². The molecule has 0 spiro atoms. The normalized spacial score (nSPS) is 18.6. The van der Waals surface area contributed by atoms with Crippen LogP contribution in [0.2, 0.25) is 0 Å². The molecule has 2 aliphatic heterocycles. The van der Waals surface area contributed by atoms with E-state index in [2.05, 4.69) is 10.0 Å². The van der Waals surface area contributed by atoms with E-state index in [0.717, 1.165) is 17.3 Å². The van der Waals surface area contributed by atoms with Crippen molar-refractivity contribution in [2.24, 2.45) is 0 Å². The van der Waals surface area contributed by atoms with Gasteiger partial charge in [-0.3, -0.25) is 9.59 Å². The Labute approximate surface area is 190 Å². The highest BCUT2D eigenvalue weighted by atomic mass is 32.2. The lowest BCUT2D eigenvalue weighted by atomic mass is 10.2. The first-order valence-corrected chi connectivity index (χ1v) is 12.3. The zero-order valence-corrected chi connectivity index (χ0v) is 19.0. The number of fused-ring (bicyclic) bond motifs is 1. The first-order chi connectivity index (χ1) is 15.4. The average Bonchev–Trinajstić information content (AvgIpc) is 2.82. The summed E-state index contributed by atoms with van der Waals surface area (Å²) in [7, 11) is -2.27. The Morgan fingerprint density at radius 2 is 2.03 bits per heavy atom. The van der Waals surface area contributed by atoms with E-state index >= 15 is 0 Å². The summed E-state index contributed by atoms with van der Waals surface area (Å²) in [6.07, 6.45) is 0. The Balaban J connectivity index is 1.47. The Morgan fingerprint density at radius 3 is 2.78 bits per heavy atom. The number of ether oxygens (including phenoxy) is 2. The van der Waals surface area contributed by atoms with Crippen molar-refractivity contribution >= 4 is 39.3 Å². The highest BCUT2D eigenvalue weighted by Crippen LogP contribution is 2.37. The lowest BCUT2D eigenvalue weighted by Gasteiger charge is -2.31. The number of morpholine rings is 1. The van der Waals surface area contributed by atoms with Gasteiger partial charge in [-0.2, -0.15) is 0 Å². The molecular weight excluding hydrogens is 454 g/mol. The lowest BCUT2D eigenvalue weighted by Crippen LogP contribution is -2.49. The van der Waals surface area contributed by atoms with Gasteiger partial charge >= 0.3 is 0 Å². The summed E-state index contributed by atoms with van der Waals surface area (Å²) in [4.78, 5) is 27.6. The molecule has 11 heteroatoms. The number of thioether (sulfide) groups is 1. The van der Waals surface area contributed by atoms with E-state index in [4.69, 9.17) is 9.47 Å². The van der Waals surface area contributed by atoms with E-state index in [1.807, 2.05) is 0 Å². The van der Waals surface area contributed by atoms with E-state index in [1.165, 1.54) is 12.1 Å². The second kappa shape index (κ2) is 9.49. The molecule has 4 rings (SSSR count). The largest absolute Gasteiger partial charge is 0.497 e. The number of anilines is 1. The van der Waals surface area contributed by atoms with Crippen molar-refractivity contribution in [3.63, 3.8) is 0 Å². The average molecular weight is 478 g/mol. The van der Waals surface area contributed by atoms with E-state index in [0.29, 0.717) is 42.6 Å². The minimum absolute atomic E-state index is 0.0259. The summed E-state index contributed by atoms with van der Waals surface area (Å²) in [6.45, 7) is 1.89. The third-order valence-electron chi connectivity index (χ3n) is 5.15. The van der Waals surface area contributed by atoms with Crippen LogP contribution in [0.4, 0.5) is 5.69 Å². The van der Waals surface area contributed by atoms with Gasteiger partial charge in [-0.15, -0.1) is 11.8 Å². The highest BCUT2D eigenvalue weighted by Gasteiger charge is 2.36. The minimum Gasteiger partial charge on any atom is -0.497 e. The quantitative estimate of drug-likeness (QED) is 0.605. The molecule has 2 N–H and O–H groups in total. The molecule has 1 fully saturated rings. The van der Waals surface area contributed by atoms with Crippen molar-refractivity contribution in [2.75, 3.05) is 38.7 Å². The fourth-order valence-corrected chi connectivity index (χ4v) is 5.51. The molecule has 9 nitrogen and oxygen atoms in total. The van der Waals surface area contributed by atoms with Crippen LogP contribution in [-0.2, 0) is 30.9 Å². The van der Waals surface area contributed by atoms with Gasteiger partial charge in [0, 0.05) is 24.5 Å². The number of sulfonamides is 1. The van der Waals surface area contributed by atoms with Crippen molar-refractivity contribution in [1.29, 1.82) is 0 Å². The number of amides is 2. The fourth-order valence-electron chi connectivity index (χ4n) is 3.41. The molecule has 2 aromatic carbocycles.